The highest BCUT2D eigenvalue weighted by atomic mass is 32.2. The molecule has 318 valence electrons. The van der Waals surface area contributed by atoms with Crippen LogP contribution in [0.1, 0.15) is 72.6 Å². The third kappa shape index (κ3) is 7.77. The minimum Gasteiger partial charge on any atom is -0.496 e. The first kappa shape index (κ1) is 42.9. The predicted octanol–water partition coefficient (Wildman–Crippen LogP) is 5.12. The number of sulfonamides is 1. The van der Waals surface area contributed by atoms with Crippen LogP contribution in [0.2, 0.25) is 0 Å². The molecule has 3 heterocycles. The average molecular weight is 840 g/mol. The summed E-state index contributed by atoms with van der Waals surface area (Å²) in [5, 5.41) is 14.2. The van der Waals surface area contributed by atoms with E-state index >= 15 is 0 Å². The van der Waals surface area contributed by atoms with Crippen LogP contribution in [0.3, 0.4) is 0 Å². The maximum Gasteiger partial charge on any atom is 0.411 e. The monoisotopic (exact) mass is 839 g/mol. The van der Waals surface area contributed by atoms with Crippen molar-refractivity contribution in [2.45, 2.75) is 113 Å². The molecule has 3 N–H and O–H groups in total. The normalized spacial score (nSPS) is 29.5. The van der Waals surface area contributed by atoms with Gasteiger partial charge in [-0.2, -0.15) is 13.2 Å². The molecule has 1 aromatic carbocycles. The number of benzene rings is 1. The molecule has 7 atom stereocenters. The van der Waals surface area contributed by atoms with Gasteiger partial charge in [0.05, 0.1) is 13.7 Å². The summed E-state index contributed by atoms with van der Waals surface area (Å²) in [5.41, 5.74) is -4.90. The molecule has 2 aromatic rings. The largest absolute Gasteiger partial charge is 0.496 e. The zero-order chi connectivity index (χ0) is 42.6. The molecular formula is C39H49F4N5O9S. The summed E-state index contributed by atoms with van der Waals surface area (Å²) in [7, 11) is -3.02. The summed E-state index contributed by atoms with van der Waals surface area (Å²) >= 11 is 0. The zero-order valence-electron chi connectivity index (χ0n) is 32.8. The minimum atomic E-state index is -5.12. The molecule has 2 aliphatic heterocycles. The van der Waals surface area contributed by atoms with Gasteiger partial charge in [0.2, 0.25) is 27.7 Å². The van der Waals surface area contributed by atoms with Gasteiger partial charge in [0.15, 0.2) is 0 Å². The molecule has 2 saturated carbocycles. The number of nitrogens with zero attached hydrogens (tertiary/aromatic N) is 3. The van der Waals surface area contributed by atoms with Crippen molar-refractivity contribution in [3.8, 4) is 11.6 Å². The number of allylic oxidation sites excluding steroid dienone is 1. The van der Waals surface area contributed by atoms with E-state index in [-0.39, 0.29) is 48.8 Å². The summed E-state index contributed by atoms with van der Waals surface area (Å²) < 4.78 is 96.2. The minimum absolute atomic E-state index is 0.00392. The Morgan fingerprint density at radius 1 is 1.12 bits per heavy atom. The Hall–Kier alpha value is -4.68. The lowest BCUT2D eigenvalue weighted by atomic mass is 9.85. The standard InChI is InChI=1S/C39H49F4N5O9S/c1-22-9-6-7-10-24-19-38(24,34(51)46-58(54,55)37(21-40)14-15-37)45-31(49)28-18-25(57-32-27-11-8-12-29(56-5)26(27)13-16-44-32)20-47(28)33(50)30(23(2)17-22)48(35(52)53)36(3,4)39(41,42)43/h7-8,10-13,16,22-25,28,30H,6,9,14-15,17-21H2,1-5H3,(H,45,49)(H,46,51)(H,52,53)/b10-7-/t22-,23-,24-,25-,28+,30+,38-/m1/s1. The molecule has 0 unspecified atom stereocenters. The second-order valence-electron chi connectivity index (χ2n) is 16.7. The summed E-state index contributed by atoms with van der Waals surface area (Å²) in [6, 6.07) is 3.36. The highest BCUT2D eigenvalue weighted by molar-refractivity contribution is 7.91. The number of carbonyl (C=O) groups excluding carboxylic acids is 3. The topological polar surface area (TPSA) is 185 Å². The van der Waals surface area contributed by atoms with Crippen molar-refractivity contribution in [1.82, 2.24) is 24.8 Å². The van der Waals surface area contributed by atoms with E-state index < -0.39 is 99.1 Å². The van der Waals surface area contributed by atoms with Gasteiger partial charge < -0.3 is 24.8 Å². The number of methoxy groups -OCH3 is 1. The number of alkyl halides is 4. The van der Waals surface area contributed by atoms with Crippen LogP contribution in [0.5, 0.6) is 11.6 Å². The number of pyridine rings is 1. The lowest BCUT2D eigenvalue weighted by molar-refractivity contribution is -0.222. The molecular weight excluding hydrogens is 791 g/mol. The zero-order valence-corrected chi connectivity index (χ0v) is 33.7. The fourth-order valence-electron chi connectivity index (χ4n) is 8.32. The number of hydrogen-bond acceptors (Lipinski definition) is 9. The smallest absolute Gasteiger partial charge is 0.411 e. The predicted molar refractivity (Wildman–Crippen MR) is 202 cm³/mol. The van der Waals surface area contributed by atoms with Crippen LogP contribution < -0.4 is 19.5 Å². The maximum atomic E-state index is 15.0. The molecule has 3 fully saturated rings. The van der Waals surface area contributed by atoms with Gasteiger partial charge in [-0.15, -0.1) is 0 Å². The van der Waals surface area contributed by atoms with Crippen molar-refractivity contribution in [1.29, 1.82) is 0 Å². The Kier molecular flexibility index (Phi) is 11.5. The van der Waals surface area contributed by atoms with Crippen molar-refractivity contribution < 1.29 is 59.7 Å². The van der Waals surface area contributed by atoms with Crippen LogP contribution in [-0.2, 0) is 24.4 Å². The van der Waals surface area contributed by atoms with Gasteiger partial charge in [-0.25, -0.2) is 22.6 Å². The Bertz CT molecular complexity index is 2100. The third-order valence-corrected chi connectivity index (χ3v) is 14.3. The molecule has 2 aliphatic carbocycles. The summed E-state index contributed by atoms with van der Waals surface area (Å²) in [6.07, 6.45) is -2.53. The van der Waals surface area contributed by atoms with Crippen LogP contribution in [0, 0.1) is 17.8 Å². The van der Waals surface area contributed by atoms with E-state index in [1.54, 1.807) is 36.4 Å². The maximum absolute atomic E-state index is 15.0. The van der Waals surface area contributed by atoms with Crippen molar-refractivity contribution >= 4 is 44.6 Å². The first-order chi connectivity index (χ1) is 27.1. The molecule has 6 rings (SSSR count). The van der Waals surface area contributed by atoms with Crippen molar-refractivity contribution in [3.05, 3.63) is 42.6 Å². The Morgan fingerprint density at radius 3 is 2.45 bits per heavy atom. The highest BCUT2D eigenvalue weighted by Gasteiger charge is 2.64. The van der Waals surface area contributed by atoms with E-state index in [1.807, 2.05) is 11.6 Å². The molecule has 4 amide bonds. The first-order valence-electron chi connectivity index (χ1n) is 19.2. The second-order valence-corrected chi connectivity index (χ2v) is 18.7. The van der Waals surface area contributed by atoms with Gasteiger partial charge in [0, 0.05) is 29.3 Å². The van der Waals surface area contributed by atoms with Gasteiger partial charge in [-0.1, -0.05) is 32.1 Å². The van der Waals surface area contributed by atoms with Gasteiger partial charge in [-0.05, 0) is 82.4 Å². The summed E-state index contributed by atoms with van der Waals surface area (Å²) in [5.74, 6) is -4.43. The third-order valence-electron chi connectivity index (χ3n) is 12.2. The van der Waals surface area contributed by atoms with Crippen molar-refractivity contribution in [3.63, 3.8) is 0 Å². The lowest BCUT2D eigenvalue weighted by Gasteiger charge is -2.45. The van der Waals surface area contributed by atoms with Gasteiger partial charge in [0.25, 0.3) is 5.91 Å². The number of aromatic nitrogens is 1. The second kappa shape index (κ2) is 15.5. The van der Waals surface area contributed by atoms with E-state index in [1.165, 1.54) is 20.2 Å². The molecule has 1 aromatic heterocycles. The fourth-order valence-corrected chi connectivity index (χ4v) is 9.75. The van der Waals surface area contributed by atoms with Gasteiger partial charge >= 0.3 is 12.3 Å². The number of ether oxygens (including phenoxy) is 2. The molecule has 1 saturated heterocycles. The van der Waals surface area contributed by atoms with Crippen molar-refractivity contribution in [2.75, 3.05) is 20.3 Å². The van der Waals surface area contributed by atoms with E-state index in [0.29, 0.717) is 43.2 Å². The number of rotatable bonds is 9. The van der Waals surface area contributed by atoms with Crippen molar-refractivity contribution in [2.24, 2.45) is 17.8 Å². The van der Waals surface area contributed by atoms with E-state index in [0.717, 1.165) is 4.90 Å². The van der Waals surface area contributed by atoms with E-state index in [2.05, 4.69) is 10.3 Å². The quantitative estimate of drug-likeness (QED) is 0.226. The number of halogens is 4. The first-order valence-corrected chi connectivity index (χ1v) is 20.7. The van der Waals surface area contributed by atoms with Gasteiger partial charge in [0.1, 0.15) is 46.4 Å². The van der Waals surface area contributed by atoms with Gasteiger partial charge in [-0.3, -0.25) is 24.0 Å². The summed E-state index contributed by atoms with van der Waals surface area (Å²) in [6.45, 7) is 3.05. The molecule has 58 heavy (non-hydrogen) atoms. The number of carboxylic acid groups (broad SMARTS) is 1. The summed E-state index contributed by atoms with van der Waals surface area (Å²) in [4.78, 5) is 61.8. The number of amides is 4. The highest BCUT2D eigenvalue weighted by Crippen LogP contribution is 2.48. The molecule has 19 heteroatoms. The van der Waals surface area contributed by atoms with Crippen LogP contribution in [0.4, 0.5) is 22.4 Å². The SMILES string of the molecule is COc1cccc2c(O[C@@H]3C[C@H]4C(=O)N[C@]5(C(=O)NS(=O)(=O)C6(CF)CC6)C[C@H]5/C=C\CC[C@@H](C)C[C@@H](C)[C@H](N(C(=O)O)C(C)(C)C(F)(F)F)C(=O)N4C3)nccc12. The van der Waals surface area contributed by atoms with E-state index in [4.69, 9.17) is 9.47 Å². The molecule has 0 spiro atoms. The molecule has 0 bridgehead atoms. The number of hydrogen-bond donors (Lipinski definition) is 3. The lowest BCUT2D eigenvalue weighted by Crippen LogP contribution is -2.66. The molecule has 4 aliphatic rings. The fraction of sp³-hybridized carbons (Fsp3) is 0.615. The number of fused-ring (bicyclic) bond motifs is 3. The Labute approximate surface area is 333 Å². The van der Waals surface area contributed by atoms with E-state index in [9.17, 15) is 50.3 Å². The van der Waals surface area contributed by atoms with Crippen LogP contribution in [0.15, 0.2) is 42.6 Å². The molecule has 0 radical (unpaired) electrons. The number of nitrogens with one attached hydrogen (secondary N) is 2. The average Bonchev–Trinajstić information content (AvgIpc) is 4.05. The van der Waals surface area contributed by atoms with Crippen LogP contribution in [0.25, 0.3) is 10.8 Å². The van der Waals surface area contributed by atoms with Crippen LogP contribution in [-0.4, -0.2) is 113 Å². The van der Waals surface area contributed by atoms with Crippen LogP contribution >= 0.6 is 0 Å². The number of carbonyl (C=O) groups is 4. The molecule has 14 nitrogen and oxygen atoms in total. The Balaban J connectivity index is 1.42. The Morgan fingerprint density at radius 2 is 1.83 bits per heavy atom.